The molecule has 2 N–H and O–H groups in total. The number of Topliss-reactive ketones (excluding diaryl/α,β-unsaturated/α-hetero) is 1. The fourth-order valence-electron chi connectivity index (χ4n) is 6.81. The number of benzene rings is 1. The van der Waals surface area contributed by atoms with Gasteiger partial charge in [0, 0.05) is 23.1 Å². The molecule has 3 heterocycles. The monoisotopic (exact) mass is 522 g/mol. The number of nitrogens with zero attached hydrogens (tertiary/aromatic N) is 5. The fraction of sp³-hybridized carbons (Fsp3) is 0.679. The van der Waals surface area contributed by atoms with Crippen molar-refractivity contribution in [3.63, 3.8) is 0 Å². The van der Waals surface area contributed by atoms with E-state index >= 15 is 0 Å². The quantitative estimate of drug-likeness (QED) is 0.346. The number of likely N-dealkylation sites (tertiary alicyclic amines) is 2. The van der Waals surface area contributed by atoms with Crippen molar-refractivity contribution in [3.05, 3.63) is 45.3 Å². The van der Waals surface area contributed by atoms with Crippen LogP contribution in [0, 0.1) is 5.41 Å². The lowest BCUT2D eigenvalue weighted by atomic mass is 9.72. The summed E-state index contributed by atoms with van der Waals surface area (Å²) in [6, 6.07) is 5.05. The molecular weight excluding hydrogens is 484 g/mol. The Morgan fingerprint density at radius 2 is 1.89 bits per heavy atom. The maximum atomic E-state index is 14.3. The van der Waals surface area contributed by atoms with Gasteiger partial charge in [-0.1, -0.05) is 44.4 Å². The summed E-state index contributed by atoms with van der Waals surface area (Å²) in [4.78, 5) is 46.6. The van der Waals surface area contributed by atoms with Gasteiger partial charge in [-0.3, -0.25) is 14.4 Å². The van der Waals surface area contributed by atoms with E-state index in [1.54, 1.807) is 6.07 Å². The van der Waals surface area contributed by atoms with Crippen LogP contribution in [0.5, 0.6) is 0 Å². The molecule has 0 radical (unpaired) electrons. The molecule has 0 unspecified atom stereocenters. The van der Waals surface area contributed by atoms with E-state index in [4.69, 9.17) is 16.0 Å². The second kappa shape index (κ2) is 10.3. The summed E-state index contributed by atoms with van der Waals surface area (Å²) in [5.74, 6) is -1.44. The van der Waals surface area contributed by atoms with Crippen molar-refractivity contribution < 1.29 is 19.1 Å². The van der Waals surface area contributed by atoms with Crippen LogP contribution in [0.25, 0.3) is 10.4 Å². The van der Waals surface area contributed by atoms with Gasteiger partial charge < -0.3 is 20.3 Å². The Labute approximate surface area is 223 Å². The molecule has 204 valence electrons. The molecule has 10 nitrogen and oxygen atoms in total. The van der Waals surface area contributed by atoms with Crippen molar-refractivity contribution in [2.24, 2.45) is 16.3 Å². The first-order valence-corrected chi connectivity index (χ1v) is 13.8. The molecule has 10 heteroatoms. The zero-order chi connectivity index (χ0) is 27.2. The first kappa shape index (κ1) is 26.7. The van der Waals surface area contributed by atoms with Crippen molar-refractivity contribution in [1.29, 1.82) is 0 Å². The van der Waals surface area contributed by atoms with Gasteiger partial charge >= 0.3 is 0 Å². The van der Waals surface area contributed by atoms with Crippen molar-refractivity contribution >= 4 is 17.6 Å². The number of hydrogen-bond donors (Lipinski definition) is 1. The Bertz CT molecular complexity index is 1160. The molecule has 0 bridgehead atoms. The fourth-order valence-corrected chi connectivity index (χ4v) is 6.81. The van der Waals surface area contributed by atoms with Gasteiger partial charge in [0.05, 0.1) is 18.1 Å². The minimum Gasteiger partial charge on any atom is -0.367 e. The number of carbonyl (C=O) groups excluding carboxylic acids is 3. The van der Waals surface area contributed by atoms with Gasteiger partial charge in [0.25, 0.3) is 0 Å². The molecule has 0 spiro atoms. The van der Waals surface area contributed by atoms with Gasteiger partial charge in [0.2, 0.25) is 11.8 Å². The highest BCUT2D eigenvalue weighted by Gasteiger charge is 2.54. The third-order valence-electron chi connectivity index (χ3n) is 9.00. The molecule has 2 amide bonds. The zero-order valence-electron chi connectivity index (χ0n) is 22.5. The first-order chi connectivity index (χ1) is 18.1. The molecule has 3 saturated heterocycles. The summed E-state index contributed by atoms with van der Waals surface area (Å²) >= 11 is 0. The number of ether oxygens (including phenoxy) is 1. The van der Waals surface area contributed by atoms with E-state index < -0.39 is 35.4 Å². The Balaban J connectivity index is 1.48. The van der Waals surface area contributed by atoms with Gasteiger partial charge in [0.15, 0.2) is 5.78 Å². The number of hydrogen-bond acceptors (Lipinski definition) is 6. The molecule has 1 saturated carbocycles. The molecule has 3 aliphatic heterocycles. The topological polar surface area (TPSA) is 142 Å². The minimum absolute atomic E-state index is 0.0990. The van der Waals surface area contributed by atoms with Crippen LogP contribution in [0.15, 0.2) is 23.3 Å². The van der Waals surface area contributed by atoms with E-state index in [1.165, 1.54) is 24.2 Å². The molecule has 0 aromatic heterocycles. The molecule has 4 aliphatic rings. The second-order valence-electron chi connectivity index (χ2n) is 12.4. The number of rotatable bonds is 6. The Morgan fingerprint density at radius 1 is 1.18 bits per heavy atom. The summed E-state index contributed by atoms with van der Waals surface area (Å²) < 4.78 is 5.62. The normalized spacial score (nSPS) is 27.5. The van der Waals surface area contributed by atoms with Gasteiger partial charge in [0.1, 0.15) is 12.6 Å². The molecule has 1 aromatic carbocycles. The van der Waals surface area contributed by atoms with E-state index in [0.29, 0.717) is 17.0 Å². The minimum atomic E-state index is -0.793. The average molecular weight is 523 g/mol. The lowest BCUT2D eigenvalue weighted by Gasteiger charge is -2.42. The zero-order valence-corrected chi connectivity index (χ0v) is 22.5. The van der Waals surface area contributed by atoms with Crippen LogP contribution >= 0.6 is 0 Å². The predicted octanol–water partition coefficient (Wildman–Crippen LogP) is 3.50. The molecular formula is C28H38N6O4. The smallest absolute Gasteiger partial charge is 0.249 e. The average Bonchev–Trinajstić information content (AvgIpc) is 3.38. The van der Waals surface area contributed by atoms with Crippen LogP contribution in [0.4, 0.5) is 0 Å². The van der Waals surface area contributed by atoms with E-state index in [0.717, 1.165) is 37.5 Å². The van der Waals surface area contributed by atoms with Crippen LogP contribution in [0.2, 0.25) is 0 Å². The van der Waals surface area contributed by atoms with E-state index in [9.17, 15) is 14.4 Å². The van der Waals surface area contributed by atoms with Gasteiger partial charge in [-0.15, -0.1) is 0 Å². The van der Waals surface area contributed by atoms with Crippen molar-refractivity contribution in [2.45, 2.75) is 88.9 Å². The summed E-state index contributed by atoms with van der Waals surface area (Å²) in [5, 5.41) is 3.81. The number of piperidine rings is 1. The lowest BCUT2D eigenvalue weighted by molar-refractivity contribution is -0.139. The maximum Gasteiger partial charge on any atom is 0.249 e. The largest absolute Gasteiger partial charge is 0.367 e. The summed E-state index contributed by atoms with van der Waals surface area (Å²) in [6.07, 6.45) is 5.34. The number of nitrogens with two attached hydrogens (primary N) is 1. The SMILES string of the molecule is CC(C)(C)[C@H](C(=O)N1C[C@H](N=[N+]=[N-])[C@H]2OCC(=O)[C@H]21)c1cc(C2CCN(C3CCC3)CC2)ccc1C(N)=O. The maximum absolute atomic E-state index is 14.3. The van der Waals surface area contributed by atoms with Crippen LogP contribution in [0.1, 0.15) is 86.2 Å². The van der Waals surface area contributed by atoms with Gasteiger partial charge in [-0.2, -0.15) is 0 Å². The Morgan fingerprint density at radius 3 is 2.47 bits per heavy atom. The summed E-state index contributed by atoms with van der Waals surface area (Å²) in [7, 11) is 0. The standard InChI is InChI=1S/C28H38N6O4/c1-28(2,3)23(27(37)34-14-21(31-32-30)25-24(34)22(35)15-38-25)20-13-17(7-8-19(20)26(29)36)16-9-11-33(12-10-16)18-5-4-6-18/h7-8,13,16,18,21,23-25H,4-6,9-12,14-15H2,1-3H3,(H2,29,36)/t21-,23-,24+,25+/m0/s1. The molecule has 4 fully saturated rings. The number of ketones is 1. The third-order valence-corrected chi connectivity index (χ3v) is 9.00. The lowest BCUT2D eigenvalue weighted by Crippen LogP contribution is -2.47. The number of primary amides is 1. The highest BCUT2D eigenvalue weighted by molar-refractivity contribution is 5.99. The van der Waals surface area contributed by atoms with E-state index in [-0.39, 0.29) is 24.8 Å². The molecule has 38 heavy (non-hydrogen) atoms. The van der Waals surface area contributed by atoms with Crippen molar-refractivity contribution in [2.75, 3.05) is 26.2 Å². The molecule has 1 aromatic rings. The third kappa shape index (κ3) is 4.81. The van der Waals surface area contributed by atoms with E-state index in [1.807, 2.05) is 32.9 Å². The number of carbonyl (C=O) groups is 3. The molecule has 4 atom stereocenters. The predicted molar refractivity (Wildman–Crippen MR) is 142 cm³/mol. The van der Waals surface area contributed by atoms with Crippen LogP contribution in [0.3, 0.4) is 0 Å². The van der Waals surface area contributed by atoms with Crippen molar-refractivity contribution in [3.8, 4) is 0 Å². The number of azide groups is 1. The Hall–Kier alpha value is -2.94. The van der Waals surface area contributed by atoms with Crippen LogP contribution in [-0.4, -0.2) is 77.9 Å². The number of amides is 2. The van der Waals surface area contributed by atoms with Crippen LogP contribution < -0.4 is 5.73 Å². The highest BCUT2D eigenvalue weighted by atomic mass is 16.5. The molecule has 1 aliphatic carbocycles. The van der Waals surface area contributed by atoms with Crippen molar-refractivity contribution in [1.82, 2.24) is 9.80 Å². The summed E-state index contributed by atoms with van der Waals surface area (Å²) in [5.41, 5.74) is 16.3. The first-order valence-electron chi connectivity index (χ1n) is 13.8. The molecule has 5 rings (SSSR count). The summed E-state index contributed by atoms with van der Waals surface area (Å²) in [6.45, 7) is 7.97. The second-order valence-corrected chi connectivity index (χ2v) is 12.4. The van der Waals surface area contributed by atoms with Crippen LogP contribution in [-0.2, 0) is 14.3 Å². The Kier molecular flexibility index (Phi) is 7.24. The van der Waals surface area contributed by atoms with Gasteiger partial charge in [-0.05, 0) is 72.8 Å². The number of fused-ring (bicyclic) bond motifs is 1. The highest BCUT2D eigenvalue weighted by Crippen LogP contribution is 2.43. The van der Waals surface area contributed by atoms with Gasteiger partial charge in [-0.25, -0.2) is 0 Å². The van der Waals surface area contributed by atoms with E-state index in [2.05, 4.69) is 14.9 Å².